The Bertz CT molecular complexity index is 174. The molecule has 2 N–H and O–H groups in total. The summed E-state index contributed by atoms with van der Waals surface area (Å²) in [5.74, 6) is 0.141. The SMILES string of the molecule is CNC(=O)CCCCCCCN(C)CCO. The maximum atomic E-state index is 10.9. The third-order valence-corrected chi connectivity index (χ3v) is 2.70. The van der Waals surface area contributed by atoms with Crippen molar-refractivity contribution < 1.29 is 9.90 Å². The minimum atomic E-state index is 0.141. The predicted molar refractivity (Wildman–Crippen MR) is 66.4 cm³/mol. The molecular weight excluding hydrogens is 204 g/mol. The number of unbranched alkanes of at least 4 members (excludes halogenated alkanes) is 4. The number of nitrogens with one attached hydrogen (secondary N) is 1. The van der Waals surface area contributed by atoms with Gasteiger partial charge in [-0.3, -0.25) is 4.79 Å². The normalized spacial score (nSPS) is 10.8. The number of carbonyl (C=O) groups is 1. The summed E-state index contributed by atoms with van der Waals surface area (Å²) in [7, 11) is 3.71. The molecule has 0 rings (SSSR count). The Balaban J connectivity index is 3.12. The van der Waals surface area contributed by atoms with Crippen molar-refractivity contribution in [3.05, 3.63) is 0 Å². The van der Waals surface area contributed by atoms with Gasteiger partial charge in [0, 0.05) is 20.0 Å². The summed E-state index contributed by atoms with van der Waals surface area (Å²) >= 11 is 0. The standard InChI is InChI=1S/C12H26N2O2/c1-13-12(16)8-6-4-3-5-7-9-14(2)10-11-15/h15H,3-11H2,1-2H3,(H,13,16). The van der Waals surface area contributed by atoms with E-state index in [1.165, 1.54) is 19.3 Å². The van der Waals surface area contributed by atoms with Crippen molar-refractivity contribution in [3.63, 3.8) is 0 Å². The number of hydrogen-bond acceptors (Lipinski definition) is 3. The third kappa shape index (κ3) is 9.93. The average Bonchev–Trinajstić information content (AvgIpc) is 2.27. The molecule has 0 radical (unpaired) electrons. The molecule has 96 valence electrons. The molecule has 0 aromatic heterocycles. The molecule has 0 aliphatic rings. The molecule has 0 unspecified atom stereocenters. The number of amides is 1. The predicted octanol–water partition coefficient (Wildman–Crippen LogP) is 0.997. The lowest BCUT2D eigenvalue weighted by Crippen LogP contribution is -2.23. The van der Waals surface area contributed by atoms with Crippen LogP contribution in [0.4, 0.5) is 0 Å². The van der Waals surface area contributed by atoms with E-state index in [1.54, 1.807) is 7.05 Å². The first kappa shape index (κ1) is 15.4. The largest absolute Gasteiger partial charge is 0.395 e. The van der Waals surface area contributed by atoms with Crippen molar-refractivity contribution in [1.82, 2.24) is 10.2 Å². The van der Waals surface area contributed by atoms with E-state index >= 15 is 0 Å². The Hall–Kier alpha value is -0.610. The van der Waals surface area contributed by atoms with Crippen LogP contribution in [-0.4, -0.2) is 49.7 Å². The topological polar surface area (TPSA) is 52.6 Å². The molecule has 0 saturated heterocycles. The van der Waals surface area contributed by atoms with Crippen molar-refractivity contribution in [2.24, 2.45) is 0 Å². The van der Waals surface area contributed by atoms with Crippen LogP contribution in [0.3, 0.4) is 0 Å². The van der Waals surface area contributed by atoms with Gasteiger partial charge in [-0.1, -0.05) is 19.3 Å². The fourth-order valence-electron chi connectivity index (χ4n) is 1.61. The molecule has 4 nitrogen and oxygen atoms in total. The van der Waals surface area contributed by atoms with Gasteiger partial charge >= 0.3 is 0 Å². The summed E-state index contributed by atoms with van der Waals surface area (Å²) in [5.41, 5.74) is 0. The highest BCUT2D eigenvalue weighted by Crippen LogP contribution is 2.05. The number of rotatable bonds is 10. The van der Waals surface area contributed by atoms with Crippen LogP contribution in [0.15, 0.2) is 0 Å². The Kier molecular flexibility index (Phi) is 10.5. The van der Waals surface area contributed by atoms with Crippen molar-refractivity contribution in [3.8, 4) is 0 Å². The highest BCUT2D eigenvalue weighted by Gasteiger charge is 1.98. The summed E-state index contributed by atoms with van der Waals surface area (Å²) in [6, 6.07) is 0. The third-order valence-electron chi connectivity index (χ3n) is 2.70. The number of hydrogen-bond donors (Lipinski definition) is 2. The van der Waals surface area contributed by atoms with Gasteiger partial charge in [-0.25, -0.2) is 0 Å². The smallest absolute Gasteiger partial charge is 0.219 e. The van der Waals surface area contributed by atoms with Gasteiger partial charge in [0.15, 0.2) is 0 Å². The van der Waals surface area contributed by atoms with E-state index < -0.39 is 0 Å². The molecular formula is C12H26N2O2. The zero-order valence-corrected chi connectivity index (χ0v) is 10.7. The van der Waals surface area contributed by atoms with Gasteiger partial charge in [0.25, 0.3) is 0 Å². The molecule has 0 heterocycles. The Morgan fingerprint density at radius 3 is 2.38 bits per heavy atom. The van der Waals surface area contributed by atoms with Crippen LogP contribution < -0.4 is 5.32 Å². The van der Waals surface area contributed by atoms with Crippen LogP contribution >= 0.6 is 0 Å². The molecule has 4 heteroatoms. The Morgan fingerprint density at radius 1 is 1.12 bits per heavy atom. The van der Waals surface area contributed by atoms with Gasteiger partial charge in [0.05, 0.1) is 6.61 Å². The van der Waals surface area contributed by atoms with Gasteiger partial charge in [0.1, 0.15) is 0 Å². The van der Waals surface area contributed by atoms with Crippen LogP contribution in [0.5, 0.6) is 0 Å². The summed E-state index contributed by atoms with van der Waals surface area (Å²) in [6.45, 7) is 2.05. The van der Waals surface area contributed by atoms with Crippen molar-refractivity contribution in [2.45, 2.75) is 38.5 Å². The summed E-state index contributed by atoms with van der Waals surface area (Å²) in [6.07, 6.45) is 6.37. The van der Waals surface area contributed by atoms with Crippen LogP contribution in [0.1, 0.15) is 38.5 Å². The van der Waals surface area contributed by atoms with E-state index in [-0.39, 0.29) is 12.5 Å². The van der Waals surface area contributed by atoms with Crippen LogP contribution in [0.2, 0.25) is 0 Å². The number of aliphatic hydroxyl groups is 1. The Labute approximate surface area is 99.0 Å². The highest BCUT2D eigenvalue weighted by molar-refractivity contribution is 5.75. The molecule has 16 heavy (non-hydrogen) atoms. The lowest BCUT2D eigenvalue weighted by molar-refractivity contribution is -0.120. The fourth-order valence-corrected chi connectivity index (χ4v) is 1.61. The van der Waals surface area contributed by atoms with Crippen molar-refractivity contribution in [2.75, 3.05) is 33.8 Å². The minimum absolute atomic E-state index is 0.141. The molecule has 0 spiro atoms. The van der Waals surface area contributed by atoms with Gasteiger partial charge in [-0.15, -0.1) is 0 Å². The highest BCUT2D eigenvalue weighted by atomic mass is 16.3. The first-order chi connectivity index (χ1) is 7.70. The molecule has 0 aromatic carbocycles. The van der Waals surface area contributed by atoms with E-state index in [2.05, 4.69) is 10.2 Å². The van der Waals surface area contributed by atoms with Crippen molar-refractivity contribution in [1.29, 1.82) is 0 Å². The monoisotopic (exact) mass is 230 g/mol. The number of aliphatic hydroxyl groups excluding tert-OH is 1. The lowest BCUT2D eigenvalue weighted by Gasteiger charge is -2.14. The van der Waals surface area contributed by atoms with E-state index in [1.807, 2.05) is 7.05 Å². The minimum Gasteiger partial charge on any atom is -0.395 e. The second-order valence-electron chi connectivity index (χ2n) is 4.22. The Morgan fingerprint density at radius 2 is 1.75 bits per heavy atom. The maximum Gasteiger partial charge on any atom is 0.219 e. The molecule has 0 aromatic rings. The van der Waals surface area contributed by atoms with E-state index in [0.29, 0.717) is 6.42 Å². The summed E-state index contributed by atoms with van der Waals surface area (Å²) < 4.78 is 0. The number of likely N-dealkylation sites (N-methyl/N-ethyl adjacent to an activating group) is 1. The van der Waals surface area contributed by atoms with Gasteiger partial charge in [-0.05, 0) is 26.4 Å². The van der Waals surface area contributed by atoms with Crippen molar-refractivity contribution >= 4 is 5.91 Å². The van der Waals surface area contributed by atoms with E-state index in [0.717, 1.165) is 25.9 Å². The zero-order chi connectivity index (χ0) is 12.2. The summed E-state index contributed by atoms with van der Waals surface area (Å²) in [5, 5.41) is 11.3. The first-order valence-corrected chi connectivity index (χ1v) is 6.20. The first-order valence-electron chi connectivity index (χ1n) is 6.20. The molecule has 0 bridgehead atoms. The lowest BCUT2D eigenvalue weighted by atomic mass is 10.1. The summed E-state index contributed by atoms with van der Waals surface area (Å²) in [4.78, 5) is 13.1. The molecule has 0 saturated carbocycles. The van der Waals surface area contributed by atoms with E-state index in [9.17, 15) is 4.79 Å². The molecule has 0 atom stereocenters. The molecule has 0 fully saturated rings. The second kappa shape index (κ2) is 10.9. The maximum absolute atomic E-state index is 10.9. The van der Waals surface area contributed by atoms with E-state index in [4.69, 9.17) is 5.11 Å². The van der Waals surface area contributed by atoms with Crippen LogP contribution in [0, 0.1) is 0 Å². The molecule has 0 aliphatic heterocycles. The van der Waals surface area contributed by atoms with Gasteiger partial charge < -0.3 is 15.3 Å². The molecule has 0 aliphatic carbocycles. The van der Waals surface area contributed by atoms with Crippen LogP contribution in [-0.2, 0) is 4.79 Å². The second-order valence-corrected chi connectivity index (χ2v) is 4.22. The zero-order valence-electron chi connectivity index (χ0n) is 10.7. The fraction of sp³-hybridized carbons (Fsp3) is 0.917. The number of nitrogens with zero attached hydrogens (tertiary/aromatic N) is 1. The quantitative estimate of drug-likeness (QED) is 0.550. The average molecular weight is 230 g/mol. The number of carbonyl (C=O) groups excluding carboxylic acids is 1. The van der Waals surface area contributed by atoms with Gasteiger partial charge in [-0.2, -0.15) is 0 Å². The molecule has 1 amide bonds. The van der Waals surface area contributed by atoms with Gasteiger partial charge in [0.2, 0.25) is 5.91 Å². The van der Waals surface area contributed by atoms with Crippen LogP contribution in [0.25, 0.3) is 0 Å².